The highest BCUT2D eigenvalue weighted by molar-refractivity contribution is 5.27. The van der Waals surface area contributed by atoms with Gasteiger partial charge in [0.15, 0.2) is 0 Å². The van der Waals surface area contributed by atoms with Gasteiger partial charge in [-0.05, 0) is 36.0 Å². The average molecular weight is 213 g/mol. The number of hydrogen-bond acceptors (Lipinski definition) is 2. The molecule has 1 saturated carbocycles. The fourth-order valence-corrected chi connectivity index (χ4v) is 2.39. The van der Waals surface area contributed by atoms with Gasteiger partial charge in [-0.25, -0.2) is 0 Å². The summed E-state index contributed by atoms with van der Waals surface area (Å²) >= 11 is 0. The van der Waals surface area contributed by atoms with Crippen LogP contribution in [0.3, 0.4) is 0 Å². The Labute approximate surface area is 95.1 Å². The molecule has 1 heterocycles. The molecule has 3 atom stereocenters. The van der Waals surface area contributed by atoms with Crippen molar-refractivity contribution >= 4 is 0 Å². The monoisotopic (exact) mass is 213 g/mol. The lowest BCUT2D eigenvalue weighted by Crippen LogP contribution is -2.12. The summed E-state index contributed by atoms with van der Waals surface area (Å²) in [4.78, 5) is 0. The summed E-state index contributed by atoms with van der Waals surface area (Å²) in [6.45, 7) is 0. The van der Waals surface area contributed by atoms with Crippen LogP contribution in [0.2, 0.25) is 0 Å². The highest BCUT2D eigenvalue weighted by Crippen LogP contribution is 2.53. The van der Waals surface area contributed by atoms with E-state index >= 15 is 0 Å². The maximum absolute atomic E-state index is 6.18. The van der Waals surface area contributed by atoms with Crippen molar-refractivity contribution in [2.75, 3.05) is 0 Å². The molecule has 2 nitrogen and oxygen atoms in total. The lowest BCUT2D eigenvalue weighted by Gasteiger charge is -2.07. The van der Waals surface area contributed by atoms with E-state index in [0.29, 0.717) is 11.8 Å². The molecule has 82 valence electrons. The lowest BCUT2D eigenvalue weighted by molar-refractivity contribution is 0.439. The van der Waals surface area contributed by atoms with Crippen LogP contribution in [-0.2, 0) is 0 Å². The second kappa shape index (κ2) is 3.80. The average Bonchev–Trinajstić information content (AvgIpc) is 2.95. The van der Waals surface area contributed by atoms with Crippen LogP contribution < -0.4 is 5.73 Å². The van der Waals surface area contributed by atoms with Crippen molar-refractivity contribution in [2.24, 2.45) is 11.7 Å². The maximum Gasteiger partial charge on any atom is 0.120 e. The molecule has 0 spiro atoms. The number of nitrogens with two attached hydrogens (primary N) is 1. The second-order valence-corrected chi connectivity index (χ2v) is 4.46. The Morgan fingerprint density at radius 3 is 2.62 bits per heavy atom. The highest BCUT2D eigenvalue weighted by atomic mass is 16.3. The molecule has 1 aliphatic carbocycles. The van der Waals surface area contributed by atoms with Crippen LogP contribution in [-0.4, -0.2) is 0 Å². The molecule has 1 aromatic carbocycles. The minimum absolute atomic E-state index is 0.0419. The predicted octanol–water partition coefficient (Wildman–Crippen LogP) is 3.08. The molecule has 0 amide bonds. The van der Waals surface area contributed by atoms with Gasteiger partial charge >= 0.3 is 0 Å². The molecule has 0 bridgehead atoms. The summed E-state index contributed by atoms with van der Waals surface area (Å²) in [5, 5.41) is 0. The van der Waals surface area contributed by atoms with Crippen molar-refractivity contribution in [3.63, 3.8) is 0 Å². The standard InChI is InChI=1S/C14H15NO/c15-14(13-7-4-8-16-13)12-9-11(12)10-5-2-1-3-6-10/h1-8,11-12,14H,9,15H2/t11-,12+,14+/m0/s1. The molecule has 2 heteroatoms. The van der Waals surface area contributed by atoms with Gasteiger partial charge in [0.05, 0.1) is 12.3 Å². The van der Waals surface area contributed by atoms with Gasteiger partial charge in [0, 0.05) is 0 Å². The van der Waals surface area contributed by atoms with Gasteiger partial charge in [0.25, 0.3) is 0 Å². The zero-order valence-electron chi connectivity index (χ0n) is 9.04. The Bertz CT molecular complexity index is 449. The van der Waals surface area contributed by atoms with E-state index in [9.17, 15) is 0 Å². The first-order valence-corrected chi connectivity index (χ1v) is 5.70. The summed E-state index contributed by atoms with van der Waals surface area (Å²) in [5.74, 6) is 2.05. The third kappa shape index (κ3) is 1.65. The minimum Gasteiger partial charge on any atom is -0.468 e. The van der Waals surface area contributed by atoms with Crippen molar-refractivity contribution in [2.45, 2.75) is 18.4 Å². The Morgan fingerprint density at radius 2 is 1.94 bits per heavy atom. The van der Waals surface area contributed by atoms with Crippen LogP contribution in [0.4, 0.5) is 0 Å². The van der Waals surface area contributed by atoms with Gasteiger partial charge in [-0.2, -0.15) is 0 Å². The molecule has 1 aromatic heterocycles. The fourth-order valence-electron chi connectivity index (χ4n) is 2.39. The largest absolute Gasteiger partial charge is 0.468 e. The summed E-state index contributed by atoms with van der Waals surface area (Å²) in [7, 11) is 0. The molecule has 2 aromatic rings. The molecular formula is C14H15NO. The van der Waals surface area contributed by atoms with Gasteiger partial charge in [-0.1, -0.05) is 30.3 Å². The first kappa shape index (κ1) is 9.67. The zero-order valence-corrected chi connectivity index (χ0v) is 9.04. The molecule has 1 fully saturated rings. The van der Waals surface area contributed by atoms with Crippen molar-refractivity contribution in [1.29, 1.82) is 0 Å². The Kier molecular flexibility index (Phi) is 2.29. The Balaban J connectivity index is 1.73. The van der Waals surface area contributed by atoms with Crippen LogP contribution in [0.25, 0.3) is 0 Å². The molecule has 0 saturated heterocycles. The van der Waals surface area contributed by atoms with Crippen LogP contribution in [0.15, 0.2) is 53.1 Å². The number of furan rings is 1. The van der Waals surface area contributed by atoms with E-state index in [1.54, 1.807) is 6.26 Å². The zero-order chi connectivity index (χ0) is 11.0. The third-order valence-corrected chi connectivity index (χ3v) is 3.40. The van der Waals surface area contributed by atoms with Crippen molar-refractivity contribution in [3.8, 4) is 0 Å². The highest BCUT2D eigenvalue weighted by Gasteiger charge is 2.43. The van der Waals surface area contributed by atoms with Crippen LogP contribution in [0, 0.1) is 5.92 Å². The smallest absolute Gasteiger partial charge is 0.120 e. The third-order valence-electron chi connectivity index (χ3n) is 3.40. The molecule has 0 unspecified atom stereocenters. The Hall–Kier alpha value is -1.54. The normalized spacial score (nSPS) is 25.3. The van der Waals surface area contributed by atoms with Crippen molar-refractivity contribution in [3.05, 3.63) is 60.1 Å². The number of hydrogen-bond donors (Lipinski definition) is 1. The quantitative estimate of drug-likeness (QED) is 0.851. The topological polar surface area (TPSA) is 39.2 Å². The van der Waals surface area contributed by atoms with Gasteiger partial charge in [0.2, 0.25) is 0 Å². The molecule has 0 aliphatic heterocycles. The van der Waals surface area contributed by atoms with Crippen molar-refractivity contribution < 1.29 is 4.42 Å². The number of benzene rings is 1. The fraction of sp³-hybridized carbons (Fsp3) is 0.286. The molecular weight excluding hydrogens is 198 g/mol. The Morgan fingerprint density at radius 1 is 1.12 bits per heavy atom. The van der Waals surface area contributed by atoms with Crippen LogP contribution in [0.1, 0.15) is 29.7 Å². The minimum atomic E-state index is 0.0419. The first-order valence-electron chi connectivity index (χ1n) is 5.70. The molecule has 16 heavy (non-hydrogen) atoms. The SMILES string of the molecule is N[C@@H](c1ccco1)[C@@H]1C[C@H]1c1ccccc1. The first-order chi connectivity index (χ1) is 7.86. The van der Waals surface area contributed by atoms with Gasteiger partial charge < -0.3 is 10.2 Å². The van der Waals surface area contributed by atoms with E-state index in [1.807, 2.05) is 18.2 Å². The lowest BCUT2D eigenvalue weighted by atomic mass is 10.0. The summed E-state index contributed by atoms with van der Waals surface area (Å²) < 4.78 is 5.36. The van der Waals surface area contributed by atoms with Gasteiger partial charge in [-0.15, -0.1) is 0 Å². The van der Waals surface area contributed by atoms with Gasteiger partial charge in [0.1, 0.15) is 5.76 Å². The summed E-state index contributed by atoms with van der Waals surface area (Å²) in [6.07, 6.45) is 2.86. The van der Waals surface area contributed by atoms with E-state index in [4.69, 9.17) is 10.2 Å². The molecule has 3 rings (SSSR count). The van der Waals surface area contributed by atoms with E-state index < -0.39 is 0 Å². The predicted molar refractivity (Wildman–Crippen MR) is 62.9 cm³/mol. The van der Waals surface area contributed by atoms with E-state index in [1.165, 1.54) is 12.0 Å². The summed E-state index contributed by atoms with van der Waals surface area (Å²) in [5.41, 5.74) is 7.58. The van der Waals surface area contributed by atoms with Gasteiger partial charge in [-0.3, -0.25) is 0 Å². The molecule has 2 N–H and O–H groups in total. The summed E-state index contributed by atoms with van der Waals surface area (Å²) in [6, 6.07) is 14.5. The number of rotatable bonds is 3. The maximum atomic E-state index is 6.18. The van der Waals surface area contributed by atoms with E-state index in [2.05, 4.69) is 24.3 Å². The van der Waals surface area contributed by atoms with Crippen LogP contribution in [0.5, 0.6) is 0 Å². The van der Waals surface area contributed by atoms with E-state index in [-0.39, 0.29) is 6.04 Å². The molecule has 1 aliphatic rings. The second-order valence-electron chi connectivity index (χ2n) is 4.46. The van der Waals surface area contributed by atoms with Crippen molar-refractivity contribution in [1.82, 2.24) is 0 Å². The van der Waals surface area contributed by atoms with E-state index in [0.717, 1.165) is 5.76 Å². The molecule has 0 radical (unpaired) electrons. The van der Waals surface area contributed by atoms with Crippen LogP contribution >= 0.6 is 0 Å².